The first-order valence-electron chi connectivity index (χ1n) is 11.3. The van der Waals surface area contributed by atoms with Gasteiger partial charge in [0.1, 0.15) is 5.54 Å². The summed E-state index contributed by atoms with van der Waals surface area (Å²) in [6.45, 7) is 7.27. The van der Waals surface area contributed by atoms with Crippen LogP contribution in [-0.4, -0.2) is 69.4 Å². The number of pyridine rings is 1. The fourth-order valence-corrected chi connectivity index (χ4v) is 5.08. The number of urea groups is 1. The molecule has 4 rings (SSSR count). The molecule has 3 heterocycles. The molecular weight excluding hydrogens is 364 g/mol. The maximum atomic E-state index is 13.5. The largest absolute Gasteiger partial charge is 0.327 e. The highest BCUT2D eigenvalue weighted by atomic mass is 16.2. The molecule has 1 aromatic heterocycles. The molecule has 3 fully saturated rings. The molecule has 0 N–H and O–H groups in total. The number of imide groups is 1. The van der Waals surface area contributed by atoms with E-state index in [1.54, 1.807) is 6.20 Å². The Morgan fingerprint density at radius 3 is 2.55 bits per heavy atom. The maximum Gasteiger partial charge on any atom is 0.327 e. The minimum absolute atomic E-state index is 0.0441. The van der Waals surface area contributed by atoms with E-state index in [0.717, 1.165) is 44.3 Å². The quantitative estimate of drug-likeness (QED) is 0.661. The summed E-state index contributed by atoms with van der Waals surface area (Å²) in [6, 6.07) is 4.60. The fraction of sp³-hybridized carbons (Fsp3) is 0.696. The van der Waals surface area contributed by atoms with Crippen LogP contribution in [-0.2, 0) is 11.2 Å². The molecule has 0 bridgehead atoms. The van der Waals surface area contributed by atoms with Crippen molar-refractivity contribution in [1.82, 2.24) is 19.7 Å². The molecule has 6 nitrogen and oxygen atoms in total. The first-order valence-corrected chi connectivity index (χ1v) is 11.3. The maximum absolute atomic E-state index is 13.5. The van der Waals surface area contributed by atoms with Crippen LogP contribution in [0.15, 0.2) is 24.5 Å². The van der Waals surface area contributed by atoms with Crippen LogP contribution in [0.5, 0.6) is 0 Å². The first-order chi connectivity index (χ1) is 14.0. The lowest BCUT2D eigenvalue weighted by Crippen LogP contribution is -2.59. The normalized spacial score (nSPS) is 22.7. The Balaban J connectivity index is 1.44. The zero-order chi connectivity index (χ0) is 20.4. The predicted octanol–water partition coefficient (Wildman–Crippen LogP) is 3.32. The lowest BCUT2D eigenvalue weighted by molar-refractivity contribution is -0.136. The molecule has 0 aromatic carbocycles. The van der Waals surface area contributed by atoms with Gasteiger partial charge < -0.3 is 9.80 Å². The highest BCUT2D eigenvalue weighted by Gasteiger charge is 2.58. The molecule has 0 radical (unpaired) electrons. The number of piperidine rings is 1. The smallest absolute Gasteiger partial charge is 0.309 e. The number of hydrogen-bond acceptors (Lipinski definition) is 4. The van der Waals surface area contributed by atoms with Gasteiger partial charge in [-0.15, -0.1) is 0 Å². The highest BCUT2D eigenvalue weighted by Crippen LogP contribution is 2.40. The lowest BCUT2D eigenvalue weighted by atomic mass is 9.82. The number of aromatic nitrogens is 1. The van der Waals surface area contributed by atoms with Gasteiger partial charge in [-0.3, -0.25) is 14.7 Å². The summed E-state index contributed by atoms with van der Waals surface area (Å²) < 4.78 is 0. The van der Waals surface area contributed by atoms with Crippen molar-refractivity contribution in [2.75, 3.05) is 26.2 Å². The van der Waals surface area contributed by atoms with Crippen LogP contribution in [0.25, 0.3) is 0 Å². The van der Waals surface area contributed by atoms with Gasteiger partial charge in [0.25, 0.3) is 5.91 Å². The molecule has 2 saturated heterocycles. The Kier molecular flexibility index (Phi) is 5.91. The molecule has 3 aliphatic rings. The van der Waals surface area contributed by atoms with Crippen LogP contribution in [0, 0.1) is 5.92 Å². The first kappa shape index (κ1) is 20.3. The van der Waals surface area contributed by atoms with Crippen molar-refractivity contribution < 1.29 is 9.59 Å². The second kappa shape index (κ2) is 8.42. The van der Waals surface area contributed by atoms with E-state index in [-0.39, 0.29) is 11.9 Å². The molecule has 158 valence electrons. The number of carbonyl (C=O) groups excluding carboxylic acids is 2. The predicted molar refractivity (Wildman–Crippen MR) is 112 cm³/mol. The Hall–Kier alpha value is -1.95. The van der Waals surface area contributed by atoms with E-state index >= 15 is 0 Å². The minimum atomic E-state index is -0.615. The van der Waals surface area contributed by atoms with Crippen LogP contribution >= 0.6 is 0 Å². The van der Waals surface area contributed by atoms with Gasteiger partial charge in [-0.2, -0.15) is 0 Å². The van der Waals surface area contributed by atoms with E-state index in [4.69, 9.17) is 0 Å². The Labute approximate surface area is 174 Å². The molecule has 1 aromatic rings. The van der Waals surface area contributed by atoms with Gasteiger partial charge in [0.15, 0.2) is 0 Å². The second-order valence-corrected chi connectivity index (χ2v) is 9.36. The third-order valence-electron chi connectivity index (χ3n) is 6.96. The molecule has 6 heteroatoms. The number of nitrogens with zero attached hydrogens (tertiary/aromatic N) is 4. The number of hydrogen-bond donors (Lipinski definition) is 0. The summed E-state index contributed by atoms with van der Waals surface area (Å²) in [7, 11) is 0. The van der Waals surface area contributed by atoms with Crippen LogP contribution in [0.2, 0.25) is 0 Å². The third kappa shape index (κ3) is 3.91. The number of carbonyl (C=O) groups is 2. The Morgan fingerprint density at radius 2 is 1.97 bits per heavy atom. The second-order valence-electron chi connectivity index (χ2n) is 9.36. The SMILES string of the molecule is CC(C)CN1C(=O)N(CCCc2cccnc2)C(=O)C12CCN(C1CCC1)CC2. The van der Waals surface area contributed by atoms with Crippen LogP contribution in [0.4, 0.5) is 4.79 Å². The number of amides is 3. The van der Waals surface area contributed by atoms with Gasteiger partial charge in [-0.05, 0) is 56.1 Å². The van der Waals surface area contributed by atoms with Crippen LogP contribution in [0.1, 0.15) is 57.9 Å². The lowest BCUT2D eigenvalue weighted by Gasteiger charge is -2.47. The van der Waals surface area contributed by atoms with Crippen molar-refractivity contribution in [3.63, 3.8) is 0 Å². The summed E-state index contributed by atoms with van der Waals surface area (Å²) in [4.78, 5) is 36.9. The van der Waals surface area contributed by atoms with E-state index < -0.39 is 5.54 Å². The molecule has 29 heavy (non-hydrogen) atoms. The summed E-state index contributed by atoms with van der Waals surface area (Å²) in [5.41, 5.74) is 0.532. The molecule has 0 atom stereocenters. The van der Waals surface area contributed by atoms with E-state index in [9.17, 15) is 9.59 Å². The van der Waals surface area contributed by atoms with Gasteiger partial charge in [0.2, 0.25) is 0 Å². The highest BCUT2D eigenvalue weighted by molar-refractivity contribution is 6.07. The van der Waals surface area contributed by atoms with Crippen molar-refractivity contribution >= 4 is 11.9 Å². The number of likely N-dealkylation sites (tertiary alicyclic amines) is 1. The van der Waals surface area contributed by atoms with Crippen LogP contribution < -0.4 is 0 Å². The van der Waals surface area contributed by atoms with Gasteiger partial charge >= 0.3 is 6.03 Å². The van der Waals surface area contributed by atoms with E-state index in [0.29, 0.717) is 25.0 Å². The summed E-state index contributed by atoms with van der Waals surface area (Å²) >= 11 is 0. The molecular formula is C23H34N4O2. The van der Waals surface area contributed by atoms with Gasteiger partial charge in [-0.25, -0.2) is 4.79 Å². The van der Waals surface area contributed by atoms with Gasteiger partial charge in [0, 0.05) is 44.6 Å². The topological polar surface area (TPSA) is 56.8 Å². The van der Waals surface area contributed by atoms with E-state index in [1.807, 2.05) is 23.2 Å². The zero-order valence-electron chi connectivity index (χ0n) is 17.8. The minimum Gasteiger partial charge on any atom is -0.309 e. The molecule has 1 spiro atoms. The average molecular weight is 399 g/mol. The number of aryl methyl sites for hydroxylation is 1. The van der Waals surface area contributed by atoms with Crippen molar-refractivity contribution in [1.29, 1.82) is 0 Å². The van der Waals surface area contributed by atoms with Crippen molar-refractivity contribution in [2.24, 2.45) is 5.92 Å². The molecule has 3 amide bonds. The Morgan fingerprint density at radius 1 is 1.21 bits per heavy atom. The molecule has 0 unspecified atom stereocenters. The monoisotopic (exact) mass is 398 g/mol. The van der Waals surface area contributed by atoms with Crippen LogP contribution in [0.3, 0.4) is 0 Å². The van der Waals surface area contributed by atoms with Crippen molar-refractivity contribution in [3.8, 4) is 0 Å². The summed E-state index contributed by atoms with van der Waals surface area (Å²) in [6.07, 6.45) is 10.7. The molecule has 2 aliphatic heterocycles. The zero-order valence-corrected chi connectivity index (χ0v) is 17.8. The third-order valence-corrected chi connectivity index (χ3v) is 6.96. The van der Waals surface area contributed by atoms with E-state index in [1.165, 1.54) is 24.2 Å². The summed E-state index contributed by atoms with van der Waals surface area (Å²) in [5, 5.41) is 0. The number of rotatable bonds is 7. The fourth-order valence-electron chi connectivity index (χ4n) is 5.08. The summed E-state index contributed by atoms with van der Waals surface area (Å²) in [5.74, 6) is 0.395. The van der Waals surface area contributed by atoms with Crippen molar-refractivity contribution in [2.45, 2.75) is 70.4 Å². The standard InChI is InChI=1S/C23H34N4O2/c1-18(2)17-27-22(29)26(13-5-7-19-6-4-12-24-16-19)21(28)23(27)10-14-25(15-11-23)20-8-3-9-20/h4,6,12,16,18,20H,3,5,7-11,13-15,17H2,1-2H3. The van der Waals surface area contributed by atoms with Crippen molar-refractivity contribution in [3.05, 3.63) is 30.1 Å². The Bertz CT molecular complexity index is 724. The van der Waals surface area contributed by atoms with Gasteiger partial charge in [0.05, 0.1) is 0 Å². The van der Waals surface area contributed by atoms with E-state index in [2.05, 4.69) is 23.7 Å². The molecule has 1 saturated carbocycles. The van der Waals surface area contributed by atoms with Gasteiger partial charge in [-0.1, -0.05) is 26.3 Å². The average Bonchev–Trinajstić information content (AvgIpc) is 2.85. The molecule has 1 aliphatic carbocycles.